The van der Waals surface area contributed by atoms with Crippen LogP contribution in [0.4, 0.5) is 0 Å². The smallest absolute Gasteiger partial charge is 0.0541 e. The number of para-hydroxylation sites is 2. The van der Waals surface area contributed by atoms with E-state index < -0.39 is 0 Å². The van der Waals surface area contributed by atoms with Crippen LogP contribution in [-0.4, -0.2) is 9.55 Å². The summed E-state index contributed by atoms with van der Waals surface area (Å²) in [6.45, 7) is 0. The van der Waals surface area contributed by atoms with Gasteiger partial charge in [-0.2, -0.15) is 0 Å². The molecule has 7 aromatic carbocycles. The second kappa shape index (κ2) is 11.3. The van der Waals surface area contributed by atoms with Gasteiger partial charge in [-0.05, 0) is 91.7 Å². The first kappa shape index (κ1) is 27.1. The predicted molar refractivity (Wildman–Crippen MR) is 198 cm³/mol. The van der Waals surface area contributed by atoms with Crippen LogP contribution in [0.1, 0.15) is 0 Å². The molecule has 0 N–H and O–H groups in total. The Labute approximate surface area is 273 Å². The standard InChI is InChI=1S/C45H30N2/c1-2-12-38(13-3-1)47-43-17-5-4-14-41(43)42-29-36(26-27-44(42)47)31-18-22-33(23-19-31)39-15-6-9-35-10-7-16-40(45(35)39)34-24-20-32(21-25-34)37-11-8-28-46-30-37/h1-30H. The van der Waals surface area contributed by atoms with Gasteiger partial charge in [-0.3, -0.25) is 4.98 Å². The Kier molecular flexibility index (Phi) is 6.50. The van der Waals surface area contributed by atoms with Crippen molar-refractivity contribution in [3.8, 4) is 50.2 Å². The van der Waals surface area contributed by atoms with Gasteiger partial charge >= 0.3 is 0 Å². The summed E-state index contributed by atoms with van der Waals surface area (Å²) in [5.41, 5.74) is 13.2. The summed E-state index contributed by atoms with van der Waals surface area (Å²) in [5.74, 6) is 0. The second-order valence-electron chi connectivity index (χ2n) is 12.0. The molecule has 0 aliphatic carbocycles. The van der Waals surface area contributed by atoms with Gasteiger partial charge in [0.1, 0.15) is 0 Å². The summed E-state index contributed by atoms with van der Waals surface area (Å²) < 4.78 is 2.36. The number of hydrogen-bond acceptors (Lipinski definition) is 1. The van der Waals surface area contributed by atoms with E-state index in [4.69, 9.17) is 0 Å². The van der Waals surface area contributed by atoms with Crippen molar-refractivity contribution in [2.24, 2.45) is 0 Å². The first-order chi connectivity index (χ1) is 23.3. The van der Waals surface area contributed by atoms with E-state index >= 15 is 0 Å². The van der Waals surface area contributed by atoms with Crippen molar-refractivity contribution in [2.45, 2.75) is 0 Å². The monoisotopic (exact) mass is 598 g/mol. The molecule has 220 valence electrons. The van der Waals surface area contributed by atoms with Crippen molar-refractivity contribution in [2.75, 3.05) is 0 Å². The molecular weight excluding hydrogens is 569 g/mol. The average Bonchev–Trinajstić information content (AvgIpc) is 3.49. The molecule has 0 unspecified atom stereocenters. The molecule has 2 aromatic heterocycles. The maximum Gasteiger partial charge on any atom is 0.0541 e. The van der Waals surface area contributed by atoms with Gasteiger partial charge in [-0.15, -0.1) is 0 Å². The lowest BCUT2D eigenvalue weighted by Crippen LogP contribution is -1.92. The molecule has 0 atom stereocenters. The highest BCUT2D eigenvalue weighted by Gasteiger charge is 2.14. The van der Waals surface area contributed by atoms with E-state index in [1.54, 1.807) is 0 Å². The van der Waals surface area contributed by atoms with E-state index in [2.05, 4.69) is 173 Å². The zero-order chi connectivity index (χ0) is 31.2. The van der Waals surface area contributed by atoms with Crippen LogP contribution in [0.25, 0.3) is 82.8 Å². The second-order valence-corrected chi connectivity index (χ2v) is 12.0. The van der Waals surface area contributed by atoms with Gasteiger partial charge in [0.05, 0.1) is 11.0 Å². The third-order valence-electron chi connectivity index (χ3n) is 9.31. The van der Waals surface area contributed by atoms with Gasteiger partial charge < -0.3 is 4.57 Å². The fourth-order valence-corrected chi connectivity index (χ4v) is 7.05. The molecule has 0 fully saturated rings. The molecular formula is C45H30N2. The molecule has 2 heterocycles. The lowest BCUT2D eigenvalue weighted by Gasteiger charge is -2.14. The molecule has 0 bridgehead atoms. The Hall–Kier alpha value is -6.25. The molecule has 0 aliphatic heterocycles. The molecule has 0 amide bonds. The third-order valence-corrected chi connectivity index (χ3v) is 9.31. The van der Waals surface area contributed by atoms with E-state index in [0.717, 1.165) is 5.56 Å². The highest BCUT2D eigenvalue weighted by molar-refractivity contribution is 6.11. The minimum atomic E-state index is 1.12. The van der Waals surface area contributed by atoms with Crippen LogP contribution in [0.15, 0.2) is 182 Å². The number of rotatable bonds is 5. The van der Waals surface area contributed by atoms with Crippen LogP contribution in [0.5, 0.6) is 0 Å². The molecule has 0 radical (unpaired) electrons. The zero-order valence-electron chi connectivity index (χ0n) is 25.7. The van der Waals surface area contributed by atoms with E-state index in [-0.39, 0.29) is 0 Å². The normalized spacial score (nSPS) is 11.4. The van der Waals surface area contributed by atoms with Crippen molar-refractivity contribution in [1.29, 1.82) is 0 Å². The van der Waals surface area contributed by atoms with Gasteiger partial charge in [0.15, 0.2) is 0 Å². The number of pyridine rings is 1. The summed E-state index contributed by atoms with van der Waals surface area (Å²) in [6.07, 6.45) is 3.72. The molecule has 9 rings (SSSR count). The first-order valence-corrected chi connectivity index (χ1v) is 16.0. The highest BCUT2D eigenvalue weighted by Crippen LogP contribution is 2.39. The lowest BCUT2D eigenvalue weighted by molar-refractivity contribution is 1.18. The van der Waals surface area contributed by atoms with Crippen LogP contribution >= 0.6 is 0 Å². The molecule has 0 aliphatic rings. The number of benzene rings is 7. The van der Waals surface area contributed by atoms with E-state index in [1.807, 2.05) is 18.5 Å². The van der Waals surface area contributed by atoms with Crippen LogP contribution < -0.4 is 0 Å². The van der Waals surface area contributed by atoms with Gasteiger partial charge in [0, 0.05) is 28.9 Å². The van der Waals surface area contributed by atoms with Crippen molar-refractivity contribution in [1.82, 2.24) is 9.55 Å². The quantitative estimate of drug-likeness (QED) is 0.193. The van der Waals surface area contributed by atoms with Crippen molar-refractivity contribution < 1.29 is 0 Å². The SMILES string of the molecule is c1ccc(-n2c3ccccc3c3cc(-c4ccc(-c5cccc6cccc(-c7ccc(-c8cccnc8)cc7)c56)cc4)ccc32)cc1. The van der Waals surface area contributed by atoms with E-state index in [9.17, 15) is 0 Å². The number of hydrogen-bond donors (Lipinski definition) is 0. The van der Waals surface area contributed by atoms with Gasteiger partial charge in [-0.1, -0.05) is 133 Å². The van der Waals surface area contributed by atoms with Crippen LogP contribution in [0, 0.1) is 0 Å². The summed E-state index contributed by atoms with van der Waals surface area (Å²) >= 11 is 0. The minimum Gasteiger partial charge on any atom is -0.309 e. The molecule has 0 saturated heterocycles. The number of fused-ring (bicyclic) bond motifs is 4. The van der Waals surface area contributed by atoms with Gasteiger partial charge in [0.2, 0.25) is 0 Å². The topological polar surface area (TPSA) is 17.8 Å². The summed E-state index contributed by atoms with van der Waals surface area (Å²) in [4.78, 5) is 4.29. The maximum atomic E-state index is 4.29. The summed E-state index contributed by atoms with van der Waals surface area (Å²) in [5, 5.41) is 5.04. The van der Waals surface area contributed by atoms with Gasteiger partial charge in [-0.25, -0.2) is 0 Å². The Morgan fingerprint density at radius 3 is 1.66 bits per heavy atom. The van der Waals surface area contributed by atoms with Crippen LogP contribution in [0.2, 0.25) is 0 Å². The largest absolute Gasteiger partial charge is 0.309 e. The fraction of sp³-hybridized carbons (Fsp3) is 0. The van der Waals surface area contributed by atoms with Crippen molar-refractivity contribution >= 4 is 32.6 Å². The number of nitrogens with zero attached hydrogens (tertiary/aromatic N) is 2. The van der Waals surface area contributed by atoms with E-state index in [0.29, 0.717) is 0 Å². The molecule has 0 saturated carbocycles. The summed E-state index contributed by atoms with van der Waals surface area (Å²) in [6, 6.07) is 61.4. The fourth-order valence-electron chi connectivity index (χ4n) is 7.05. The molecule has 2 nitrogen and oxygen atoms in total. The minimum absolute atomic E-state index is 1.12. The Bertz CT molecular complexity index is 2520. The van der Waals surface area contributed by atoms with Crippen molar-refractivity contribution in [3.63, 3.8) is 0 Å². The lowest BCUT2D eigenvalue weighted by atomic mass is 9.90. The molecule has 0 spiro atoms. The Balaban J connectivity index is 1.11. The Morgan fingerprint density at radius 2 is 0.979 bits per heavy atom. The highest BCUT2D eigenvalue weighted by atomic mass is 15.0. The molecule has 9 aromatic rings. The average molecular weight is 599 g/mol. The predicted octanol–water partition coefficient (Wildman–Crippen LogP) is 12.0. The number of aromatic nitrogens is 2. The van der Waals surface area contributed by atoms with Gasteiger partial charge in [0.25, 0.3) is 0 Å². The molecule has 2 heteroatoms. The molecule has 47 heavy (non-hydrogen) atoms. The van der Waals surface area contributed by atoms with Crippen LogP contribution in [-0.2, 0) is 0 Å². The van der Waals surface area contributed by atoms with Crippen LogP contribution in [0.3, 0.4) is 0 Å². The third kappa shape index (κ3) is 4.70. The van der Waals surface area contributed by atoms with E-state index in [1.165, 1.54) is 77.2 Å². The Morgan fingerprint density at radius 1 is 0.383 bits per heavy atom. The zero-order valence-corrected chi connectivity index (χ0v) is 25.7. The maximum absolute atomic E-state index is 4.29. The summed E-state index contributed by atoms with van der Waals surface area (Å²) in [7, 11) is 0. The first-order valence-electron chi connectivity index (χ1n) is 16.0. The van der Waals surface area contributed by atoms with Crippen molar-refractivity contribution in [3.05, 3.63) is 182 Å².